The summed E-state index contributed by atoms with van der Waals surface area (Å²) in [6, 6.07) is 18.3. The Morgan fingerprint density at radius 3 is 2.69 bits per heavy atom. The first-order valence-electron chi connectivity index (χ1n) is 10.1. The van der Waals surface area contributed by atoms with Crippen LogP contribution in [0.2, 0.25) is 0 Å². The van der Waals surface area contributed by atoms with Gasteiger partial charge in [0.05, 0.1) is 41.9 Å². The number of halogens is 1. The van der Waals surface area contributed by atoms with Crippen molar-refractivity contribution in [2.45, 2.75) is 6.04 Å². The Morgan fingerprint density at radius 1 is 1.16 bits per heavy atom. The molecule has 3 aromatic carbocycles. The number of benzene rings is 3. The first-order valence-corrected chi connectivity index (χ1v) is 10.1. The number of carbonyl (C=O) groups is 1. The van der Waals surface area contributed by atoms with Gasteiger partial charge in [-0.3, -0.25) is 9.89 Å². The summed E-state index contributed by atoms with van der Waals surface area (Å²) in [5.74, 6) is -0.349. The van der Waals surface area contributed by atoms with Crippen LogP contribution in [0.3, 0.4) is 0 Å². The molecule has 4 rings (SSSR count). The van der Waals surface area contributed by atoms with Crippen LogP contribution in [0.15, 0.2) is 66.7 Å². The van der Waals surface area contributed by atoms with Crippen molar-refractivity contribution >= 4 is 29.0 Å². The summed E-state index contributed by atoms with van der Waals surface area (Å²) in [6.45, 7) is -0.242. The van der Waals surface area contributed by atoms with Crippen LogP contribution in [0.4, 0.5) is 4.39 Å². The van der Waals surface area contributed by atoms with Crippen molar-refractivity contribution in [3.8, 4) is 5.75 Å². The van der Waals surface area contributed by atoms with Gasteiger partial charge in [0.25, 0.3) is 5.91 Å². The number of H-pyrrole nitrogens is 1. The first-order chi connectivity index (χ1) is 15.6. The molecule has 0 aliphatic rings. The summed E-state index contributed by atoms with van der Waals surface area (Å²) < 4.78 is 19.1. The van der Waals surface area contributed by atoms with Crippen molar-refractivity contribution < 1.29 is 19.0 Å². The topological polar surface area (TPSA) is 87.2 Å². The van der Waals surface area contributed by atoms with E-state index in [1.165, 1.54) is 19.2 Å². The number of aliphatic hydroxyl groups excluding tert-OH is 1. The molecule has 7 heteroatoms. The monoisotopic (exact) mass is 431 g/mol. The molecule has 0 radical (unpaired) electrons. The van der Waals surface area contributed by atoms with Crippen molar-refractivity contribution in [2.24, 2.45) is 0 Å². The van der Waals surface area contributed by atoms with E-state index in [9.17, 15) is 14.3 Å². The Hall–Kier alpha value is -3.97. The number of aromatic amines is 1. The normalized spacial score (nSPS) is 12.2. The van der Waals surface area contributed by atoms with Crippen LogP contribution < -0.4 is 10.1 Å². The SMILES string of the molecule is COc1c(C(=O)NC(CO)c2ccccc2)ccc2[nH]nc(/C=C/c3cccc(F)c3)c12. The lowest BCUT2D eigenvalue weighted by Gasteiger charge is -2.18. The van der Waals surface area contributed by atoms with Crippen LogP contribution >= 0.6 is 0 Å². The minimum absolute atomic E-state index is 0.242. The summed E-state index contributed by atoms with van der Waals surface area (Å²) in [6.07, 6.45) is 3.47. The molecule has 0 saturated carbocycles. The van der Waals surface area contributed by atoms with E-state index in [2.05, 4.69) is 15.5 Å². The average molecular weight is 431 g/mol. The van der Waals surface area contributed by atoms with Gasteiger partial charge in [0, 0.05) is 0 Å². The van der Waals surface area contributed by atoms with Crippen molar-refractivity contribution in [1.82, 2.24) is 15.5 Å². The van der Waals surface area contributed by atoms with Gasteiger partial charge < -0.3 is 15.2 Å². The van der Waals surface area contributed by atoms with Gasteiger partial charge in [0.1, 0.15) is 11.6 Å². The summed E-state index contributed by atoms with van der Waals surface area (Å²) in [5.41, 5.74) is 3.04. The maximum Gasteiger partial charge on any atom is 0.255 e. The predicted octanol–water partition coefficient (Wildman–Crippen LogP) is 4.34. The molecule has 3 N–H and O–H groups in total. The summed E-state index contributed by atoms with van der Waals surface area (Å²) in [4.78, 5) is 13.1. The fourth-order valence-corrected chi connectivity index (χ4v) is 3.56. The first kappa shape index (κ1) is 21.3. The van der Waals surface area contributed by atoms with E-state index >= 15 is 0 Å². The lowest BCUT2D eigenvalue weighted by molar-refractivity contribution is 0.0913. The Kier molecular flexibility index (Phi) is 6.28. The number of hydrogen-bond acceptors (Lipinski definition) is 4. The fraction of sp³-hybridized carbons (Fsp3) is 0.120. The molecule has 1 atom stereocenters. The van der Waals surface area contributed by atoms with Crippen molar-refractivity contribution in [3.05, 3.63) is 94.9 Å². The molecule has 0 aliphatic heterocycles. The van der Waals surface area contributed by atoms with Crippen molar-refractivity contribution in [2.75, 3.05) is 13.7 Å². The Bertz CT molecular complexity index is 1270. The summed E-state index contributed by atoms with van der Waals surface area (Å²) in [7, 11) is 1.49. The minimum atomic E-state index is -0.555. The number of methoxy groups -OCH3 is 1. The summed E-state index contributed by atoms with van der Waals surface area (Å²) in [5, 5.41) is 20.5. The molecule has 0 fully saturated rings. The highest BCUT2D eigenvalue weighted by Crippen LogP contribution is 2.32. The number of aliphatic hydroxyl groups is 1. The maximum absolute atomic E-state index is 13.5. The lowest BCUT2D eigenvalue weighted by Crippen LogP contribution is -2.31. The average Bonchev–Trinajstić information content (AvgIpc) is 3.24. The van der Waals surface area contributed by atoms with E-state index in [-0.39, 0.29) is 18.3 Å². The lowest BCUT2D eigenvalue weighted by atomic mass is 10.0. The molecule has 4 aromatic rings. The Balaban J connectivity index is 1.68. The van der Waals surface area contributed by atoms with Crippen LogP contribution in [0, 0.1) is 5.82 Å². The molecule has 32 heavy (non-hydrogen) atoms. The van der Waals surface area contributed by atoms with E-state index < -0.39 is 6.04 Å². The highest BCUT2D eigenvalue weighted by molar-refractivity contribution is 6.05. The number of fused-ring (bicyclic) bond motifs is 1. The van der Waals surface area contributed by atoms with E-state index in [0.29, 0.717) is 33.5 Å². The highest BCUT2D eigenvalue weighted by atomic mass is 19.1. The van der Waals surface area contributed by atoms with E-state index in [0.717, 1.165) is 5.56 Å². The molecule has 1 unspecified atom stereocenters. The van der Waals surface area contributed by atoms with Gasteiger partial charge in [-0.1, -0.05) is 48.5 Å². The zero-order chi connectivity index (χ0) is 22.5. The van der Waals surface area contributed by atoms with Gasteiger partial charge in [-0.15, -0.1) is 0 Å². The largest absolute Gasteiger partial charge is 0.495 e. The second kappa shape index (κ2) is 9.45. The fourth-order valence-electron chi connectivity index (χ4n) is 3.56. The Labute approximate surface area is 184 Å². The smallest absolute Gasteiger partial charge is 0.255 e. The molecule has 1 heterocycles. The van der Waals surface area contributed by atoms with Crippen molar-refractivity contribution in [3.63, 3.8) is 0 Å². The molecule has 1 amide bonds. The van der Waals surface area contributed by atoms with E-state index in [4.69, 9.17) is 4.74 Å². The maximum atomic E-state index is 13.5. The predicted molar refractivity (Wildman–Crippen MR) is 122 cm³/mol. The zero-order valence-electron chi connectivity index (χ0n) is 17.4. The second-order valence-electron chi connectivity index (χ2n) is 7.19. The second-order valence-corrected chi connectivity index (χ2v) is 7.19. The quantitative estimate of drug-likeness (QED) is 0.406. The molecule has 162 valence electrons. The number of ether oxygens (including phenoxy) is 1. The van der Waals surface area contributed by atoms with E-state index in [1.807, 2.05) is 30.3 Å². The molecule has 6 nitrogen and oxygen atoms in total. The number of nitrogens with one attached hydrogen (secondary N) is 2. The van der Waals surface area contributed by atoms with Crippen LogP contribution in [-0.2, 0) is 0 Å². The van der Waals surface area contributed by atoms with Gasteiger partial charge in [-0.05, 0) is 41.5 Å². The third kappa shape index (κ3) is 4.38. The molecule has 0 spiro atoms. The van der Waals surface area contributed by atoms with E-state index in [1.54, 1.807) is 36.4 Å². The molecule has 0 aliphatic carbocycles. The standard InChI is InChI=1S/C25H22FN3O3/c1-32-24-19(25(31)27-22(15-30)17-7-3-2-4-8-17)11-13-21-23(24)20(28-29-21)12-10-16-6-5-9-18(26)14-16/h2-14,22,30H,15H2,1H3,(H,27,31)(H,28,29)/b12-10+. The molecular formula is C25H22FN3O3. The molecular weight excluding hydrogens is 409 g/mol. The van der Waals surface area contributed by atoms with Crippen LogP contribution in [0.25, 0.3) is 23.1 Å². The Morgan fingerprint density at radius 2 is 1.97 bits per heavy atom. The van der Waals surface area contributed by atoms with Crippen molar-refractivity contribution in [1.29, 1.82) is 0 Å². The molecule has 1 aromatic heterocycles. The van der Waals surface area contributed by atoms with Crippen LogP contribution in [0.5, 0.6) is 5.75 Å². The van der Waals surface area contributed by atoms with Gasteiger partial charge >= 0.3 is 0 Å². The number of carbonyl (C=O) groups excluding carboxylic acids is 1. The third-order valence-corrected chi connectivity index (χ3v) is 5.13. The zero-order valence-corrected chi connectivity index (χ0v) is 17.4. The summed E-state index contributed by atoms with van der Waals surface area (Å²) >= 11 is 0. The van der Waals surface area contributed by atoms with Gasteiger partial charge in [-0.25, -0.2) is 4.39 Å². The van der Waals surface area contributed by atoms with Gasteiger partial charge in [-0.2, -0.15) is 5.10 Å². The number of hydrogen-bond donors (Lipinski definition) is 3. The van der Waals surface area contributed by atoms with Crippen LogP contribution in [-0.4, -0.2) is 34.9 Å². The van der Waals surface area contributed by atoms with Gasteiger partial charge in [0.15, 0.2) is 0 Å². The van der Waals surface area contributed by atoms with Gasteiger partial charge in [0.2, 0.25) is 0 Å². The number of amides is 1. The third-order valence-electron chi connectivity index (χ3n) is 5.13. The minimum Gasteiger partial charge on any atom is -0.495 e. The molecule has 0 bridgehead atoms. The van der Waals surface area contributed by atoms with Crippen LogP contribution in [0.1, 0.15) is 33.2 Å². The molecule has 0 saturated heterocycles. The number of aromatic nitrogens is 2. The number of nitrogens with zero attached hydrogens (tertiary/aromatic N) is 1. The number of rotatable bonds is 7. The highest BCUT2D eigenvalue weighted by Gasteiger charge is 2.21.